The third kappa shape index (κ3) is 3.92. The van der Waals surface area contributed by atoms with E-state index in [1.807, 2.05) is 30.6 Å². The van der Waals surface area contributed by atoms with Crippen LogP contribution in [-0.2, 0) is 0 Å². The first-order valence-electron chi connectivity index (χ1n) is 8.01. The minimum absolute atomic E-state index is 0.260. The van der Waals surface area contributed by atoms with Gasteiger partial charge in [-0.05, 0) is 24.1 Å². The van der Waals surface area contributed by atoms with E-state index in [-0.39, 0.29) is 5.95 Å². The van der Waals surface area contributed by atoms with Crippen molar-refractivity contribution >= 4 is 18.1 Å². The third-order valence-corrected chi connectivity index (χ3v) is 3.86. The number of aromatic nitrogens is 2. The fraction of sp³-hybridized carbons (Fsp3) is 0.353. The lowest BCUT2D eigenvalue weighted by Crippen LogP contribution is -2.22. The van der Waals surface area contributed by atoms with E-state index in [0.29, 0.717) is 0 Å². The molecule has 0 saturated carbocycles. The number of nitrogens with two attached hydrogens (primary N) is 1. The van der Waals surface area contributed by atoms with Crippen LogP contribution < -0.4 is 15.8 Å². The highest BCUT2D eigenvalue weighted by atomic mass is 16.5. The number of nitrogens with one attached hydrogen (secondary N) is 1. The summed E-state index contributed by atoms with van der Waals surface area (Å²) in [5.41, 5.74) is 7.65. The first kappa shape index (κ1) is 16.0. The highest BCUT2D eigenvalue weighted by molar-refractivity contribution is 5.76. The molecule has 0 radical (unpaired) electrons. The fourth-order valence-corrected chi connectivity index (χ4v) is 2.61. The molecular weight excluding hydrogens is 304 g/mol. The van der Waals surface area contributed by atoms with Crippen molar-refractivity contribution < 1.29 is 4.74 Å². The van der Waals surface area contributed by atoms with E-state index in [2.05, 4.69) is 25.2 Å². The van der Waals surface area contributed by atoms with Gasteiger partial charge < -0.3 is 20.7 Å². The zero-order valence-corrected chi connectivity index (χ0v) is 13.8. The average molecular weight is 326 g/mol. The molecule has 7 heteroatoms. The monoisotopic (exact) mass is 326 g/mol. The molecule has 1 aromatic heterocycles. The van der Waals surface area contributed by atoms with Crippen LogP contribution in [0.15, 0.2) is 35.5 Å². The molecule has 0 bridgehead atoms. The summed E-state index contributed by atoms with van der Waals surface area (Å²) in [6, 6.07) is 7.82. The van der Waals surface area contributed by atoms with Crippen LogP contribution in [0.3, 0.4) is 0 Å². The normalized spacial score (nSPS) is 13.3. The molecule has 1 aliphatic heterocycles. The summed E-state index contributed by atoms with van der Waals surface area (Å²) < 4.78 is 5.29. The molecular formula is C17H22N6O. The largest absolute Gasteiger partial charge is 0.497 e. The molecule has 3 rings (SSSR count). The van der Waals surface area contributed by atoms with Gasteiger partial charge in [0.1, 0.15) is 11.6 Å². The maximum Gasteiger partial charge on any atom is 0.221 e. The van der Waals surface area contributed by atoms with Gasteiger partial charge in [-0.2, -0.15) is 4.98 Å². The predicted octanol–water partition coefficient (Wildman–Crippen LogP) is 1.88. The second-order valence-electron chi connectivity index (χ2n) is 5.56. The summed E-state index contributed by atoms with van der Waals surface area (Å²) in [4.78, 5) is 14.9. The highest BCUT2D eigenvalue weighted by Gasteiger charge is 2.10. The number of ether oxygens (including phenoxy) is 1. The third-order valence-electron chi connectivity index (χ3n) is 3.86. The zero-order chi connectivity index (χ0) is 16.8. The van der Waals surface area contributed by atoms with Gasteiger partial charge in [0.05, 0.1) is 20.0 Å². The lowest BCUT2D eigenvalue weighted by molar-refractivity contribution is 0.415. The summed E-state index contributed by atoms with van der Waals surface area (Å²) in [7, 11) is 1.65. The Morgan fingerprint density at radius 3 is 3.08 bits per heavy atom. The van der Waals surface area contributed by atoms with Crippen molar-refractivity contribution in [2.45, 2.75) is 6.42 Å². The fourth-order valence-electron chi connectivity index (χ4n) is 2.61. The van der Waals surface area contributed by atoms with Gasteiger partial charge in [0.25, 0.3) is 0 Å². The molecule has 1 aliphatic rings. The lowest BCUT2D eigenvalue weighted by atomic mass is 10.1. The van der Waals surface area contributed by atoms with Crippen molar-refractivity contribution in [1.29, 1.82) is 0 Å². The van der Waals surface area contributed by atoms with Crippen LogP contribution in [0, 0.1) is 0 Å². The number of rotatable bonds is 7. The van der Waals surface area contributed by atoms with Gasteiger partial charge in [-0.1, -0.05) is 12.1 Å². The first-order chi connectivity index (χ1) is 11.8. The molecule has 0 fully saturated rings. The van der Waals surface area contributed by atoms with Crippen LogP contribution in [0.4, 0.5) is 11.8 Å². The van der Waals surface area contributed by atoms with Crippen LogP contribution in [0.1, 0.15) is 6.42 Å². The second kappa shape index (κ2) is 7.63. The van der Waals surface area contributed by atoms with Gasteiger partial charge >= 0.3 is 0 Å². The van der Waals surface area contributed by atoms with Gasteiger partial charge in [-0.25, -0.2) is 4.98 Å². The van der Waals surface area contributed by atoms with Crippen LogP contribution in [-0.4, -0.2) is 54.5 Å². The molecule has 0 aliphatic carbocycles. The molecule has 0 unspecified atom stereocenters. The van der Waals surface area contributed by atoms with Gasteiger partial charge in [0, 0.05) is 31.4 Å². The minimum atomic E-state index is 0.260. The van der Waals surface area contributed by atoms with Gasteiger partial charge in [-0.15, -0.1) is 0 Å². The maximum absolute atomic E-state index is 5.75. The Bertz CT molecular complexity index is 718. The molecule has 0 atom stereocenters. The van der Waals surface area contributed by atoms with Gasteiger partial charge in [-0.3, -0.25) is 4.99 Å². The van der Waals surface area contributed by atoms with Crippen molar-refractivity contribution in [3.05, 3.63) is 30.5 Å². The Morgan fingerprint density at radius 2 is 2.29 bits per heavy atom. The Kier molecular flexibility index (Phi) is 5.10. The second-order valence-corrected chi connectivity index (χ2v) is 5.56. The minimum Gasteiger partial charge on any atom is -0.497 e. The number of benzene rings is 1. The van der Waals surface area contributed by atoms with E-state index in [1.54, 1.807) is 13.3 Å². The summed E-state index contributed by atoms with van der Waals surface area (Å²) in [5.74, 6) is 1.80. The Hall–Kier alpha value is -2.83. The summed E-state index contributed by atoms with van der Waals surface area (Å²) in [6.45, 7) is 3.69. The highest BCUT2D eigenvalue weighted by Crippen LogP contribution is 2.28. The Balaban J connectivity index is 1.69. The molecule has 2 heterocycles. The smallest absolute Gasteiger partial charge is 0.221 e. The van der Waals surface area contributed by atoms with Crippen LogP contribution in [0.25, 0.3) is 11.1 Å². The van der Waals surface area contributed by atoms with Crippen molar-refractivity contribution in [3.63, 3.8) is 0 Å². The van der Waals surface area contributed by atoms with E-state index < -0.39 is 0 Å². The van der Waals surface area contributed by atoms with Crippen molar-refractivity contribution in [3.8, 4) is 16.9 Å². The maximum atomic E-state index is 5.75. The topological polar surface area (TPSA) is 88.7 Å². The molecule has 3 N–H and O–H groups in total. The first-order valence-corrected chi connectivity index (χ1v) is 8.01. The van der Waals surface area contributed by atoms with Crippen molar-refractivity contribution in [2.24, 2.45) is 4.99 Å². The Morgan fingerprint density at radius 1 is 1.38 bits per heavy atom. The molecule has 126 valence electrons. The molecule has 0 amide bonds. The standard InChI is InChI=1S/C17H22N6O/c1-24-14-5-2-4-13(10-14)15-11-21-17(18)22-16(15)20-6-3-8-23-9-7-19-12-23/h2,4-5,10-12H,3,6-9H2,1H3,(H3,18,20,21,22). The van der Waals surface area contributed by atoms with E-state index in [0.717, 1.165) is 55.3 Å². The lowest BCUT2D eigenvalue weighted by Gasteiger charge is -2.15. The van der Waals surface area contributed by atoms with E-state index in [4.69, 9.17) is 10.5 Å². The zero-order valence-electron chi connectivity index (χ0n) is 13.8. The number of aliphatic imine (C=N–C) groups is 1. The number of anilines is 2. The number of nitrogen functional groups attached to an aromatic ring is 1. The van der Waals surface area contributed by atoms with E-state index in [1.165, 1.54) is 0 Å². The van der Waals surface area contributed by atoms with Gasteiger partial charge in [0.15, 0.2) is 0 Å². The molecule has 1 aromatic carbocycles. The van der Waals surface area contributed by atoms with Gasteiger partial charge in [0.2, 0.25) is 5.95 Å². The van der Waals surface area contributed by atoms with Crippen LogP contribution in [0.5, 0.6) is 5.75 Å². The number of hydrogen-bond acceptors (Lipinski definition) is 7. The Labute approximate surface area is 141 Å². The molecule has 0 saturated heterocycles. The molecule has 24 heavy (non-hydrogen) atoms. The van der Waals surface area contributed by atoms with Crippen molar-refractivity contribution in [2.75, 3.05) is 44.3 Å². The van der Waals surface area contributed by atoms with E-state index >= 15 is 0 Å². The molecule has 0 spiro atoms. The number of hydrogen-bond donors (Lipinski definition) is 2. The van der Waals surface area contributed by atoms with E-state index in [9.17, 15) is 0 Å². The summed E-state index contributed by atoms with van der Waals surface area (Å²) in [6.07, 6.45) is 4.66. The predicted molar refractivity (Wildman–Crippen MR) is 96.5 cm³/mol. The quantitative estimate of drug-likeness (QED) is 0.755. The molecule has 2 aromatic rings. The van der Waals surface area contributed by atoms with Crippen LogP contribution in [0.2, 0.25) is 0 Å². The number of nitrogens with zero attached hydrogens (tertiary/aromatic N) is 4. The van der Waals surface area contributed by atoms with Crippen molar-refractivity contribution in [1.82, 2.24) is 14.9 Å². The number of methoxy groups -OCH3 is 1. The summed E-state index contributed by atoms with van der Waals surface area (Å²) >= 11 is 0. The molecule has 7 nitrogen and oxygen atoms in total. The van der Waals surface area contributed by atoms with Crippen LogP contribution >= 0.6 is 0 Å². The summed E-state index contributed by atoms with van der Waals surface area (Å²) in [5, 5.41) is 3.37. The SMILES string of the molecule is COc1cccc(-c2cnc(N)nc2NCCCN2C=NCC2)c1. The average Bonchev–Trinajstić information content (AvgIpc) is 3.12.